The Hall–Kier alpha value is -5.67. The molecule has 0 atom stereocenters. The van der Waals surface area contributed by atoms with E-state index in [0.29, 0.717) is 34.2 Å². The largest absolute Gasteiger partial charge is 0.454 e. The summed E-state index contributed by atoms with van der Waals surface area (Å²) < 4.78 is 8.88. The number of nitriles is 1. The van der Waals surface area contributed by atoms with Crippen molar-refractivity contribution >= 4 is 21.9 Å². The van der Waals surface area contributed by atoms with E-state index < -0.39 is 0 Å². The lowest BCUT2D eigenvalue weighted by Crippen LogP contribution is -2.31. The Morgan fingerprint density at radius 3 is 1.81 bits per heavy atom. The van der Waals surface area contributed by atoms with E-state index in [0.717, 1.165) is 44.3 Å². The van der Waals surface area contributed by atoms with Crippen LogP contribution in [-0.4, -0.2) is 15.0 Å². The van der Waals surface area contributed by atoms with E-state index in [2.05, 4.69) is 54.9 Å². The molecule has 0 bridgehead atoms. The highest BCUT2D eigenvalue weighted by atomic mass is 16.3. The van der Waals surface area contributed by atoms with Crippen LogP contribution in [-0.2, 0) is 7.05 Å². The Morgan fingerprint density at radius 2 is 1.21 bits per heavy atom. The second-order valence-corrected chi connectivity index (χ2v) is 10.5. The van der Waals surface area contributed by atoms with Crippen LogP contribution in [0.4, 0.5) is 0 Å². The molecule has 3 aromatic heterocycles. The van der Waals surface area contributed by atoms with Crippen LogP contribution in [0.1, 0.15) is 16.7 Å². The first-order valence-electron chi connectivity index (χ1n) is 13.7. The fourth-order valence-corrected chi connectivity index (χ4v) is 5.56. The number of furan rings is 1. The van der Waals surface area contributed by atoms with Crippen LogP contribution in [0.5, 0.6) is 0 Å². The number of aromatic nitrogens is 4. The minimum Gasteiger partial charge on any atom is -0.454 e. The highest BCUT2D eigenvalue weighted by molar-refractivity contribution is 6.13. The van der Waals surface area contributed by atoms with E-state index in [1.807, 2.05) is 79.8 Å². The van der Waals surface area contributed by atoms with Crippen molar-refractivity contribution in [3.8, 4) is 51.5 Å². The Labute approximate surface area is 243 Å². The molecule has 0 saturated carbocycles. The van der Waals surface area contributed by atoms with Crippen LogP contribution < -0.4 is 4.57 Å². The molecule has 0 aliphatic rings. The smallest absolute Gasteiger partial charge is 0.216 e. The lowest BCUT2D eigenvalue weighted by Gasteiger charge is -2.09. The first kappa shape index (κ1) is 25.3. The summed E-state index contributed by atoms with van der Waals surface area (Å²) in [6, 6.07) is 34.2. The van der Waals surface area contributed by atoms with Crippen molar-refractivity contribution in [3.63, 3.8) is 0 Å². The summed E-state index contributed by atoms with van der Waals surface area (Å²) in [6.45, 7) is 4.17. The van der Waals surface area contributed by atoms with Gasteiger partial charge in [0.1, 0.15) is 24.3 Å². The van der Waals surface area contributed by atoms with Gasteiger partial charge in [0.15, 0.2) is 23.7 Å². The van der Waals surface area contributed by atoms with Gasteiger partial charge in [0.2, 0.25) is 5.69 Å². The maximum atomic E-state index is 10.3. The van der Waals surface area contributed by atoms with Crippen molar-refractivity contribution in [2.45, 2.75) is 13.8 Å². The fraction of sp³-hybridized carbons (Fsp3) is 0.0833. The monoisotopic (exact) mass is 544 g/mol. The molecule has 0 fully saturated rings. The third-order valence-corrected chi connectivity index (χ3v) is 7.60. The molecule has 200 valence electrons. The van der Waals surface area contributed by atoms with Gasteiger partial charge in [-0.15, -0.1) is 0 Å². The van der Waals surface area contributed by atoms with E-state index in [1.165, 1.54) is 5.56 Å². The number of fused-ring (bicyclic) bond motifs is 3. The van der Waals surface area contributed by atoms with Gasteiger partial charge in [-0.05, 0) is 37.6 Å². The van der Waals surface area contributed by atoms with Gasteiger partial charge in [0, 0.05) is 33.5 Å². The molecule has 0 aliphatic carbocycles. The van der Waals surface area contributed by atoms with Gasteiger partial charge in [-0.2, -0.15) is 5.26 Å². The minimum atomic E-state index is 0.392. The number of hydrogen-bond acceptors (Lipinski definition) is 5. The molecule has 7 rings (SSSR count). The predicted octanol–water partition coefficient (Wildman–Crippen LogP) is 7.75. The highest BCUT2D eigenvalue weighted by Crippen LogP contribution is 2.41. The number of nitrogens with zero attached hydrogens (tertiary/aromatic N) is 5. The molecule has 4 aromatic carbocycles. The lowest BCUT2D eigenvalue weighted by molar-refractivity contribution is -0.660. The summed E-state index contributed by atoms with van der Waals surface area (Å²) in [7, 11) is 2.05. The zero-order chi connectivity index (χ0) is 28.8. The van der Waals surface area contributed by atoms with Crippen LogP contribution in [0.25, 0.3) is 67.4 Å². The second-order valence-electron chi connectivity index (χ2n) is 10.5. The van der Waals surface area contributed by atoms with Gasteiger partial charge in [-0.1, -0.05) is 72.8 Å². The van der Waals surface area contributed by atoms with Crippen molar-refractivity contribution < 1.29 is 8.98 Å². The third-order valence-electron chi connectivity index (χ3n) is 7.60. The summed E-state index contributed by atoms with van der Waals surface area (Å²) in [4.78, 5) is 14.6. The molecule has 0 unspecified atom stereocenters. The van der Waals surface area contributed by atoms with E-state index >= 15 is 0 Å². The summed E-state index contributed by atoms with van der Waals surface area (Å²) >= 11 is 0. The van der Waals surface area contributed by atoms with Crippen LogP contribution in [0.15, 0.2) is 108 Å². The lowest BCUT2D eigenvalue weighted by atomic mass is 9.98. The number of benzene rings is 4. The van der Waals surface area contributed by atoms with Gasteiger partial charge in [0.25, 0.3) is 0 Å². The zero-order valence-electron chi connectivity index (χ0n) is 23.5. The maximum absolute atomic E-state index is 10.3. The van der Waals surface area contributed by atoms with Crippen molar-refractivity contribution in [1.82, 2.24) is 15.0 Å². The molecule has 3 heterocycles. The number of rotatable bonds is 4. The molecule has 7 aromatic rings. The number of hydrogen-bond donors (Lipinski definition) is 0. The van der Waals surface area contributed by atoms with Crippen LogP contribution in [0.3, 0.4) is 0 Å². The minimum absolute atomic E-state index is 0.392. The number of aryl methyl sites for hydroxylation is 3. The van der Waals surface area contributed by atoms with Crippen LogP contribution >= 0.6 is 0 Å². The Bertz CT molecular complexity index is 2120. The highest BCUT2D eigenvalue weighted by Gasteiger charge is 2.25. The third kappa shape index (κ3) is 4.20. The molecule has 0 saturated heterocycles. The number of pyridine rings is 1. The molecular weight excluding hydrogens is 518 g/mol. The first-order valence-corrected chi connectivity index (χ1v) is 13.7. The average molecular weight is 545 g/mol. The van der Waals surface area contributed by atoms with Crippen molar-refractivity contribution in [3.05, 3.63) is 120 Å². The van der Waals surface area contributed by atoms with Crippen LogP contribution in [0.2, 0.25) is 0 Å². The normalized spacial score (nSPS) is 11.2. The van der Waals surface area contributed by atoms with E-state index in [4.69, 9.17) is 19.4 Å². The summed E-state index contributed by atoms with van der Waals surface area (Å²) in [5.74, 6) is 1.45. The van der Waals surface area contributed by atoms with Gasteiger partial charge < -0.3 is 4.42 Å². The predicted molar refractivity (Wildman–Crippen MR) is 164 cm³/mol. The van der Waals surface area contributed by atoms with Crippen molar-refractivity contribution in [1.29, 1.82) is 5.26 Å². The standard InChI is InChI=1S/C36H26N5O/c1-22-14-19-29(41(3)21-22)30-23(2)15-17-27-28-18-16-26(20-37)31(33(28)42-32(27)30)36-39-34(24-10-6-4-7-11-24)38-35(40-36)25-12-8-5-9-13-25/h4-19,21H,1-3H3/q+1. The first-order chi connectivity index (χ1) is 20.5. The molecule has 0 spiro atoms. The topological polar surface area (TPSA) is 79.5 Å². The molecule has 0 aliphatic heterocycles. The molecule has 6 heteroatoms. The average Bonchev–Trinajstić information content (AvgIpc) is 3.40. The zero-order valence-corrected chi connectivity index (χ0v) is 23.5. The molecule has 0 amide bonds. The van der Waals surface area contributed by atoms with Gasteiger partial charge in [-0.25, -0.2) is 19.5 Å². The Morgan fingerprint density at radius 1 is 0.643 bits per heavy atom. The van der Waals surface area contributed by atoms with Crippen molar-refractivity contribution in [2.75, 3.05) is 0 Å². The van der Waals surface area contributed by atoms with E-state index in [-0.39, 0.29) is 0 Å². The molecule has 0 N–H and O–H groups in total. The van der Waals surface area contributed by atoms with Gasteiger partial charge >= 0.3 is 0 Å². The Kier molecular flexibility index (Phi) is 6.06. The quantitative estimate of drug-likeness (QED) is 0.212. The maximum Gasteiger partial charge on any atom is 0.216 e. The molecule has 42 heavy (non-hydrogen) atoms. The second kappa shape index (κ2) is 10.1. The molecule has 0 radical (unpaired) electrons. The summed E-state index contributed by atoms with van der Waals surface area (Å²) in [5.41, 5.74) is 8.39. The fourth-order valence-electron chi connectivity index (χ4n) is 5.56. The summed E-state index contributed by atoms with van der Waals surface area (Å²) in [6.07, 6.45) is 2.11. The van der Waals surface area contributed by atoms with Gasteiger partial charge in [-0.3, -0.25) is 0 Å². The molecular formula is C36H26N5O+. The van der Waals surface area contributed by atoms with Crippen LogP contribution in [0, 0.1) is 25.2 Å². The van der Waals surface area contributed by atoms with E-state index in [1.54, 1.807) is 0 Å². The van der Waals surface area contributed by atoms with Gasteiger partial charge in [0.05, 0.1) is 16.7 Å². The Balaban J connectivity index is 1.55. The molecule has 6 nitrogen and oxygen atoms in total. The SMILES string of the molecule is Cc1ccc(-c2c(C)ccc3c2oc2c(-c4nc(-c5ccccc5)nc(-c5ccccc5)n4)c(C#N)ccc23)[n+](C)c1. The summed E-state index contributed by atoms with van der Waals surface area (Å²) in [5, 5.41) is 12.1. The van der Waals surface area contributed by atoms with E-state index in [9.17, 15) is 5.26 Å². The van der Waals surface area contributed by atoms with Crippen molar-refractivity contribution in [2.24, 2.45) is 7.05 Å².